The van der Waals surface area contributed by atoms with E-state index >= 15 is 0 Å². The molecule has 3 heterocycles. The van der Waals surface area contributed by atoms with Gasteiger partial charge in [0.15, 0.2) is 5.82 Å². The van der Waals surface area contributed by atoms with Crippen LogP contribution in [-0.4, -0.2) is 48.4 Å². The summed E-state index contributed by atoms with van der Waals surface area (Å²) in [5.74, 6) is 1.49. The molecule has 24 heavy (non-hydrogen) atoms. The molecule has 7 heteroatoms. The molecule has 0 spiro atoms. The molecule has 0 amide bonds. The zero-order valence-corrected chi connectivity index (χ0v) is 13.7. The third-order valence-electron chi connectivity index (χ3n) is 4.94. The summed E-state index contributed by atoms with van der Waals surface area (Å²) < 4.78 is 1.84. The Bertz CT molecular complexity index is 757. The fraction of sp³-hybridized carbons (Fsp3) is 0.412. The number of benzene rings is 1. The number of piperidine rings is 1. The first-order valence-corrected chi connectivity index (χ1v) is 8.39. The van der Waals surface area contributed by atoms with E-state index in [4.69, 9.17) is 0 Å². The van der Waals surface area contributed by atoms with Crippen LogP contribution < -0.4 is 0 Å². The second kappa shape index (κ2) is 6.52. The van der Waals surface area contributed by atoms with Gasteiger partial charge in [0, 0.05) is 6.20 Å². The van der Waals surface area contributed by atoms with Gasteiger partial charge in [-0.3, -0.25) is 10.00 Å². The fourth-order valence-corrected chi connectivity index (χ4v) is 3.48. The van der Waals surface area contributed by atoms with Gasteiger partial charge in [0.2, 0.25) is 0 Å². The third kappa shape index (κ3) is 2.82. The molecule has 124 valence electrons. The predicted octanol–water partition coefficient (Wildman–Crippen LogP) is 2.33. The summed E-state index contributed by atoms with van der Waals surface area (Å²) in [6.45, 7) is 4.26. The number of hydrogen-bond donors (Lipinski definition) is 1. The highest BCUT2D eigenvalue weighted by Crippen LogP contribution is 2.31. The minimum atomic E-state index is 0.186. The number of para-hydroxylation sites is 1. The first-order valence-electron chi connectivity index (χ1n) is 8.39. The van der Waals surface area contributed by atoms with Crippen molar-refractivity contribution in [2.24, 2.45) is 0 Å². The Kier molecular flexibility index (Phi) is 4.08. The number of tetrazole rings is 1. The van der Waals surface area contributed by atoms with Crippen LogP contribution in [-0.2, 0) is 0 Å². The predicted molar refractivity (Wildman–Crippen MR) is 89.7 cm³/mol. The molecule has 4 rings (SSSR count). The van der Waals surface area contributed by atoms with Crippen LogP contribution in [0.15, 0.2) is 42.7 Å². The lowest BCUT2D eigenvalue weighted by molar-refractivity contribution is 0.155. The summed E-state index contributed by atoms with van der Waals surface area (Å²) in [6.07, 6.45) is 6.23. The maximum absolute atomic E-state index is 4.28. The van der Waals surface area contributed by atoms with Gasteiger partial charge in [-0.15, -0.1) is 5.10 Å². The average molecular weight is 323 g/mol. The molecule has 1 atom stereocenters. The van der Waals surface area contributed by atoms with Crippen molar-refractivity contribution in [2.75, 3.05) is 13.1 Å². The Morgan fingerprint density at radius 2 is 1.96 bits per heavy atom. The molecular weight excluding hydrogens is 302 g/mol. The second-order valence-corrected chi connectivity index (χ2v) is 6.30. The summed E-state index contributed by atoms with van der Waals surface area (Å²) in [4.78, 5) is 2.46. The molecule has 1 saturated heterocycles. The average Bonchev–Trinajstić information content (AvgIpc) is 3.34. The molecule has 0 radical (unpaired) electrons. The first-order chi connectivity index (χ1) is 11.8. The Hall–Kier alpha value is -2.54. The molecule has 1 aromatic carbocycles. The van der Waals surface area contributed by atoms with Crippen LogP contribution in [0.3, 0.4) is 0 Å². The molecule has 1 fully saturated rings. The molecule has 3 aromatic rings. The van der Waals surface area contributed by atoms with Crippen molar-refractivity contribution in [3.8, 4) is 5.69 Å². The number of aromatic amines is 1. The van der Waals surface area contributed by atoms with Crippen LogP contribution >= 0.6 is 0 Å². The number of H-pyrrole nitrogens is 1. The van der Waals surface area contributed by atoms with Crippen LogP contribution in [0.25, 0.3) is 5.69 Å². The zero-order valence-electron chi connectivity index (χ0n) is 13.7. The molecule has 0 saturated carbocycles. The number of hydrogen-bond acceptors (Lipinski definition) is 5. The largest absolute Gasteiger partial charge is 0.294 e. The van der Waals surface area contributed by atoms with Crippen LogP contribution in [0.1, 0.15) is 43.1 Å². The number of aromatic nitrogens is 6. The molecule has 2 aromatic heterocycles. The fourth-order valence-electron chi connectivity index (χ4n) is 3.48. The molecule has 1 N–H and O–H groups in total. The van der Waals surface area contributed by atoms with Crippen molar-refractivity contribution in [2.45, 2.75) is 31.7 Å². The van der Waals surface area contributed by atoms with Crippen LogP contribution in [0, 0.1) is 0 Å². The van der Waals surface area contributed by atoms with Crippen molar-refractivity contribution < 1.29 is 0 Å². The van der Waals surface area contributed by atoms with E-state index in [2.05, 4.69) is 37.5 Å². The lowest BCUT2D eigenvalue weighted by Gasteiger charge is -2.35. The molecule has 0 unspecified atom stereocenters. The van der Waals surface area contributed by atoms with Gasteiger partial charge in [-0.1, -0.05) is 18.2 Å². The van der Waals surface area contributed by atoms with Crippen molar-refractivity contribution in [1.82, 2.24) is 35.3 Å². The third-order valence-corrected chi connectivity index (χ3v) is 4.94. The lowest BCUT2D eigenvalue weighted by Crippen LogP contribution is -2.36. The normalized spacial score (nSPS) is 17.9. The van der Waals surface area contributed by atoms with E-state index in [1.165, 1.54) is 5.56 Å². The van der Waals surface area contributed by atoms with Gasteiger partial charge >= 0.3 is 0 Å². The van der Waals surface area contributed by atoms with Crippen molar-refractivity contribution in [3.63, 3.8) is 0 Å². The van der Waals surface area contributed by atoms with Gasteiger partial charge in [0.1, 0.15) is 0 Å². The maximum atomic E-state index is 4.28. The monoisotopic (exact) mass is 323 g/mol. The van der Waals surface area contributed by atoms with E-state index in [0.29, 0.717) is 5.92 Å². The lowest BCUT2D eigenvalue weighted by atomic mass is 9.91. The van der Waals surface area contributed by atoms with Gasteiger partial charge in [-0.05, 0) is 66.9 Å². The minimum Gasteiger partial charge on any atom is -0.294 e. The second-order valence-electron chi connectivity index (χ2n) is 6.30. The first kappa shape index (κ1) is 15.0. The van der Waals surface area contributed by atoms with Crippen LogP contribution in [0.2, 0.25) is 0 Å². The van der Waals surface area contributed by atoms with E-state index < -0.39 is 0 Å². The molecule has 0 aliphatic carbocycles. The van der Waals surface area contributed by atoms with Gasteiger partial charge in [0.05, 0.1) is 17.9 Å². The molecule has 1 aliphatic rings. The molecular formula is C17H21N7. The summed E-state index contributed by atoms with van der Waals surface area (Å²) >= 11 is 0. The smallest absolute Gasteiger partial charge is 0.173 e. The summed E-state index contributed by atoms with van der Waals surface area (Å²) in [7, 11) is 0. The highest BCUT2D eigenvalue weighted by Gasteiger charge is 2.28. The summed E-state index contributed by atoms with van der Waals surface area (Å²) in [6, 6.07) is 10.2. The molecule has 7 nitrogen and oxygen atoms in total. The Balaban J connectivity index is 1.48. The van der Waals surface area contributed by atoms with Crippen LogP contribution in [0.4, 0.5) is 0 Å². The summed E-state index contributed by atoms with van der Waals surface area (Å²) in [5.41, 5.74) is 2.31. The SMILES string of the molecule is C[C@H](c1nnnn1-c1ccccc1)N1CCC(c2cn[nH]c2)CC1. The maximum Gasteiger partial charge on any atom is 0.173 e. The van der Waals surface area contributed by atoms with E-state index in [1.54, 1.807) is 0 Å². The highest BCUT2D eigenvalue weighted by atomic mass is 15.6. The van der Waals surface area contributed by atoms with Gasteiger partial charge in [-0.2, -0.15) is 9.78 Å². The number of rotatable bonds is 4. The van der Waals surface area contributed by atoms with E-state index in [9.17, 15) is 0 Å². The number of likely N-dealkylation sites (tertiary alicyclic amines) is 1. The Morgan fingerprint density at radius 3 is 2.67 bits per heavy atom. The number of nitrogens with one attached hydrogen (secondary N) is 1. The Morgan fingerprint density at radius 1 is 1.17 bits per heavy atom. The van der Waals surface area contributed by atoms with Crippen molar-refractivity contribution >= 4 is 0 Å². The standard InChI is InChI=1S/C17H21N7/c1-13(17-20-21-22-24(17)16-5-3-2-4-6-16)23-9-7-14(8-10-23)15-11-18-19-12-15/h2-6,11-14H,7-10H2,1H3,(H,18,19)/t13-/m1/s1. The Labute approximate surface area is 140 Å². The highest BCUT2D eigenvalue weighted by molar-refractivity contribution is 5.31. The van der Waals surface area contributed by atoms with E-state index in [-0.39, 0.29) is 6.04 Å². The van der Waals surface area contributed by atoms with Crippen LogP contribution in [0.5, 0.6) is 0 Å². The van der Waals surface area contributed by atoms with Gasteiger partial charge in [-0.25, -0.2) is 0 Å². The van der Waals surface area contributed by atoms with Crippen molar-refractivity contribution in [1.29, 1.82) is 0 Å². The molecule has 0 bridgehead atoms. The topological polar surface area (TPSA) is 75.5 Å². The zero-order chi connectivity index (χ0) is 16.4. The summed E-state index contributed by atoms with van der Waals surface area (Å²) in [5, 5.41) is 19.3. The number of nitrogens with zero attached hydrogens (tertiary/aromatic N) is 6. The molecule has 1 aliphatic heterocycles. The van der Waals surface area contributed by atoms with E-state index in [0.717, 1.165) is 37.4 Å². The van der Waals surface area contributed by atoms with Gasteiger partial charge < -0.3 is 0 Å². The van der Waals surface area contributed by atoms with Crippen molar-refractivity contribution in [3.05, 3.63) is 54.1 Å². The van der Waals surface area contributed by atoms with Gasteiger partial charge in [0.25, 0.3) is 0 Å². The quantitative estimate of drug-likeness (QED) is 0.797. The van der Waals surface area contributed by atoms with E-state index in [1.807, 2.05) is 47.4 Å². The minimum absolute atomic E-state index is 0.186.